The van der Waals surface area contributed by atoms with Crippen molar-refractivity contribution in [3.8, 4) is 0 Å². The molecule has 104 valence electrons. The maximum Gasteiger partial charge on any atom is 0.0737 e. The van der Waals surface area contributed by atoms with Gasteiger partial charge < -0.3 is 15.2 Å². The fourth-order valence-corrected chi connectivity index (χ4v) is 4.19. The second kappa shape index (κ2) is 5.73. The van der Waals surface area contributed by atoms with E-state index in [1.54, 1.807) is 0 Å². The number of hydrogen-bond acceptors (Lipinski definition) is 4. The van der Waals surface area contributed by atoms with Crippen LogP contribution in [0.4, 0.5) is 5.69 Å². The molecule has 0 radical (unpaired) electrons. The number of anilines is 1. The summed E-state index contributed by atoms with van der Waals surface area (Å²) in [7, 11) is 0. The van der Waals surface area contributed by atoms with E-state index >= 15 is 0 Å². The Morgan fingerprint density at radius 1 is 1.11 bits per heavy atom. The molecule has 3 rings (SSSR count). The van der Waals surface area contributed by atoms with Gasteiger partial charge in [0.05, 0.1) is 5.60 Å². The van der Waals surface area contributed by atoms with Gasteiger partial charge in [-0.2, -0.15) is 0 Å². The van der Waals surface area contributed by atoms with E-state index in [9.17, 15) is 0 Å². The summed E-state index contributed by atoms with van der Waals surface area (Å²) in [6, 6.07) is 8.19. The van der Waals surface area contributed by atoms with Gasteiger partial charge in [0.2, 0.25) is 0 Å². The van der Waals surface area contributed by atoms with Crippen LogP contribution in [0.5, 0.6) is 0 Å². The molecule has 1 aromatic rings. The SMILES string of the molecule is Nc1ccc(SC2CCOC3(CCOCC3)C2)cc1. The lowest BCUT2D eigenvalue weighted by Crippen LogP contribution is -2.45. The zero-order valence-corrected chi connectivity index (χ0v) is 12.0. The fourth-order valence-electron chi connectivity index (χ4n) is 2.91. The number of ether oxygens (including phenoxy) is 2. The van der Waals surface area contributed by atoms with Crippen LogP contribution >= 0.6 is 11.8 Å². The quantitative estimate of drug-likeness (QED) is 0.845. The van der Waals surface area contributed by atoms with Crippen LogP contribution in [0.3, 0.4) is 0 Å². The first-order chi connectivity index (χ1) is 9.26. The van der Waals surface area contributed by atoms with Gasteiger partial charge in [-0.3, -0.25) is 0 Å². The summed E-state index contributed by atoms with van der Waals surface area (Å²) in [5, 5.41) is 0.649. The largest absolute Gasteiger partial charge is 0.399 e. The van der Waals surface area contributed by atoms with Crippen LogP contribution < -0.4 is 5.73 Å². The van der Waals surface area contributed by atoms with Crippen molar-refractivity contribution in [1.29, 1.82) is 0 Å². The Morgan fingerprint density at radius 2 is 1.84 bits per heavy atom. The number of rotatable bonds is 2. The molecule has 2 aliphatic heterocycles. The van der Waals surface area contributed by atoms with E-state index < -0.39 is 0 Å². The molecule has 4 heteroatoms. The van der Waals surface area contributed by atoms with E-state index in [-0.39, 0.29) is 5.60 Å². The minimum absolute atomic E-state index is 0.0853. The number of hydrogen-bond donors (Lipinski definition) is 1. The molecule has 0 bridgehead atoms. The molecule has 1 aromatic carbocycles. The average molecular weight is 279 g/mol. The number of nitrogens with two attached hydrogens (primary N) is 1. The maximum absolute atomic E-state index is 6.08. The average Bonchev–Trinajstić information content (AvgIpc) is 2.42. The van der Waals surface area contributed by atoms with Gasteiger partial charge in [-0.25, -0.2) is 0 Å². The fraction of sp³-hybridized carbons (Fsp3) is 0.600. The molecule has 3 nitrogen and oxygen atoms in total. The molecule has 2 aliphatic rings. The van der Waals surface area contributed by atoms with Gasteiger partial charge >= 0.3 is 0 Å². The van der Waals surface area contributed by atoms with E-state index in [0.29, 0.717) is 5.25 Å². The van der Waals surface area contributed by atoms with Crippen molar-refractivity contribution in [1.82, 2.24) is 0 Å². The lowest BCUT2D eigenvalue weighted by atomic mass is 9.86. The molecule has 1 atom stereocenters. The number of thioether (sulfide) groups is 1. The topological polar surface area (TPSA) is 44.5 Å². The predicted molar refractivity (Wildman–Crippen MR) is 78.5 cm³/mol. The Morgan fingerprint density at radius 3 is 2.58 bits per heavy atom. The third kappa shape index (κ3) is 3.25. The molecule has 2 saturated heterocycles. The van der Waals surface area contributed by atoms with Crippen LogP contribution in [0.1, 0.15) is 25.7 Å². The highest BCUT2D eigenvalue weighted by Crippen LogP contribution is 2.40. The molecule has 1 unspecified atom stereocenters. The third-order valence-electron chi connectivity index (χ3n) is 4.03. The van der Waals surface area contributed by atoms with Crippen LogP contribution in [0, 0.1) is 0 Å². The first kappa shape index (κ1) is 13.3. The van der Waals surface area contributed by atoms with E-state index in [4.69, 9.17) is 15.2 Å². The molecule has 1 spiro atoms. The Kier molecular flexibility index (Phi) is 4.01. The second-order valence-electron chi connectivity index (χ2n) is 5.45. The summed E-state index contributed by atoms with van der Waals surface area (Å²) in [4.78, 5) is 1.31. The van der Waals surface area contributed by atoms with E-state index in [0.717, 1.165) is 51.2 Å². The monoisotopic (exact) mass is 279 g/mol. The van der Waals surface area contributed by atoms with Gasteiger partial charge in [0.15, 0.2) is 0 Å². The van der Waals surface area contributed by atoms with Crippen molar-refractivity contribution in [2.45, 2.75) is 41.4 Å². The van der Waals surface area contributed by atoms with Crippen molar-refractivity contribution in [2.75, 3.05) is 25.6 Å². The van der Waals surface area contributed by atoms with Crippen LogP contribution in [-0.2, 0) is 9.47 Å². The van der Waals surface area contributed by atoms with Gasteiger partial charge in [0.25, 0.3) is 0 Å². The molecule has 0 saturated carbocycles. The summed E-state index contributed by atoms with van der Waals surface area (Å²) in [5.41, 5.74) is 6.64. The minimum Gasteiger partial charge on any atom is -0.399 e. The second-order valence-corrected chi connectivity index (χ2v) is 6.82. The first-order valence-corrected chi connectivity index (χ1v) is 7.88. The van der Waals surface area contributed by atoms with Gasteiger partial charge in [-0.05, 0) is 49.9 Å². The summed E-state index contributed by atoms with van der Waals surface area (Å²) in [5.74, 6) is 0. The molecule has 0 amide bonds. The van der Waals surface area contributed by atoms with Gasteiger partial charge in [0.1, 0.15) is 0 Å². The van der Waals surface area contributed by atoms with Gasteiger partial charge in [-0.15, -0.1) is 11.8 Å². The van der Waals surface area contributed by atoms with Crippen LogP contribution in [0.15, 0.2) is 29.2 Å². The Labute approximate surface area is 118 Å². The van der Waals surface area contributed by atoms with Crippen molar-refractivity contribution in [3.63, 3.8) is 0 Å². The number of benzene rings is 1. The standard InChI is InChI=1S/C15H21NO2S/c16-12-1-3-13(4-2-12)19-14-5-8-18-15(11-14)6-9-17-10-7-15/h1-4,14H,5-11,16H2. The van der Waals surface area contributed by atoms with Crippen LogP contribution in [0.25, 0.3) is 0 Å². The van der Waals surface area contributed by atoms with E-state index in [1.165, 1.54) is 4.90 Å². The Hall–Kier alpha value is -0.710. The molecule has 2 fully saturated rings. The lowest BCUT2D eigenvalue weighted by Gasteiger charge is -2.43. The molecular formula is C15H21NO2S. The molecule has 19 heavy (non-hydrogen) atoms. The minimum atomic E-state index is 0.0853. The lowest BCUT2D eigenvalue weighted by molar-refractivity contribution is -0.131. The van der Waals surface area contributed by atoms with Crippen molar-refractivity contribution >= 4 is 17.4 Å². The predicted octanol–water partition coefficient (Wildman–Crippen LogP) is 3.09. The zero-order chi connectivity index (χ0) is 13.1. The van der Waals surface area contributed by atoms with E-state index in [1.807, 2.05) is 23.9 Å². The van der Waals surface area contributed by atoms with Gasteiger partial charge in [0, 0.05) is 35.7 Å². The summed E-state index contributed by atoms with van der Waals surface area (Å²) >= 11 is 1.96. The zero-order valence-electron chi connectivity index (χ0n) is 11.1. The molecule has 2 heterocycles. The van der Waals surface area contributed by atoms with E-state index in [2.05, 4.69) is 12.1 Å². The number of nitrogen functional groups attached to an aromatic ring is 1. The summed E-state index contributed by atoms with van der Waals surface area (Å²) in [6.07, 6.45) is 4.38. The van der Waals surface area contributed by atoms with Crippen LogP contribution in [-0.4, -0.2) is 30.7 Å². The summed E-state index contributed by atoms with van der Waals surface area (Å²) in [6.45, 7) is 2.57. The third-order valence-corrected chi connectivity index (χ3v) is 5.31. The van der Waals surface area contributed by atoms with Crippen molar-refractivity contribution < 1.29 is 9.47 Å². The Balaban J connectivity index is 1.63. The normalized spacial score (nSPS) is 26.4. The van der Waals surface area contributed by atoms with Crippen molar-refractivity contribution in [3.05, 3.63) is 24.3 Å². The molecule has 0 aliphatic carbocycles. The molecule has 0 aromatic heterocycles. The highest BCUT2D eigenvalue weighted by atomic mass is 32.2. The smallest absolute Gasteiger partial charge is 0.0737 e. The van der Waals surface area contributed by atoms with Crippen molar-refractivity contribution in [2.24, 2.45) is 0 Å². The summed E-state index contributed by atoms with van der Waals surface area (Å²) < 4.78 is 11.5. The molecular weight excluding hydrogens is 258 g/mol. The van der Waals surface area contributed by atoms with Gasteiger partial charge in [-0.1, -0.05) is 0 Å². The highest BCUT2D eigenvalue weighted by Gasteiger charge is 2.39. The highest BCUT2D eigenvalue weighted by molar-refractivity contribution is 8.00. The maximum atomic E-state index is 6.08. The first-order valence-electron chi connectivity index (χ1n) is 7.00. The molecule has 2 N–H and O–H groups in total. The van der Waals surface area contributed by atoms with Crippen LogP contribution in [0.2, 0.25) is 0 Å². The Bertz CT molecular complexity index is 409.